The van der Waals surface area contributed by atoms with Crippen molar-refractivity contribution in [2.45, 2.75) is 11.8 Å². The Morgan fingerprint density at radius 3 is 3.11 bits per heavy atom. The Labute approximate surface area is 58.7 Å². The molecule has 0 amide bonds. The van der Waals surface area contributed by atoms with Gasteiger partial charge >= 0.3 is 0 Å². The molecule has 1 fully saturated rings. The molecule has 0 aliphatic heterocycles. The first kappa shape index (κ1) is 5.48. The summed E-state index contributed by atoms with van der Waals surface area (Å²) >= 11 is 5.70. The van der Waals surface area contributed by atoms with Gasteiger partial charge < -0.3 is 0 Å². The van der Waals surface area contributed by atoms with Crippen LogP contribution in [0.1, 0.15) is 6.42 Å². The minimum atomic E-state index is -0.200. The number of hydrogen-bond donors (Lipinski definition) is 0. The van der Waals surface area contributed by atoms with E-state index in [9.17, 15) is 4.79 Å². The first-order valence-corrected chi connectivity index (χ1v) is 3.59. The molecule has 0 heterocycles. The number of hydrogen-bond acceptors (Lipinski definition) is 1. The van der Waals surface area contributed by atoms with Gasteiger partial charge in [-0.15, -0.1) is 11.6 Å². The Balaban J connectivity index is 2.21. The second-order valence-corrected chi connectivity index (χ2v) is 3.12. The quantitative estimate of drug-likeness (QED) is 0.369. The summed E-state index contributed by atoms with van der Waals surface area (Å²) < 4.78 is 0. The molecule has 0 bridgehead atoms. The summed E-state index contributed by atoms with van der Waals surface area (Å²) in [5, 5.41) is -0.200. The second-order valence-electron chi connectivity index (χ2n) is 2.65. The lowest BCUT2D eigenvalue weighted by Gasteiger charge is -2.33. The number of ketones is 1. The number of allylic oxidation sites excluding steroid dienone is 2. The van der Waals surface area contributed by atoms with Gasteiger partial charge in [0.25, 0.3) is 0 Å². The predicted molar refractivity (Wildman–Crippen MR) is 35.4 cm³/mol. The summed E-state index contributed by atoms with van der Waals surface area (Å²) in [6.07, 6.45) is 5.03. The average molecular weight is 143 g/mol. The van der Waals surface area contributed by atoms with Gasteiger partial charge in [0.15, 0.2) is 5.78 Å². The topological polar surface area (TPSA) is 17.1 Å². The fraction of sp³-hybridized carbons (Fsp3) is 0.571. The van der Waals surface area contributed by atoms with Crippen molar-refractivity contribution in [1.29, 1.82) is 0 Å². The van der Waals surface area contributed by atoms with Crippen molar-refractivity contribution in [1.82, 2.24) is 0 Å². The smallest absolute Gasteiger partial charge is 0.155 e. The maximum Gasteiger partial charge on any atom is 0.155 e. The maximum absolute atomic E-state index is 10.9. The van der Waals surface area contributed by atoms with E-state index in [2.05, 4.69) is 12.2 Å². The van der Waals surface area contributed by atoms with Gasteiger partial charge in [0.05, 0.1) is 5.38 Å². The molecular weight excluding hydrogens is 136 g/mol. The monoisotopic (exact) mass is 142 g/mol. The van der Waals surface area contributed by atoms with Crippen LogP contribution in [0.5, 0.6) is 0 Å². The van der Waals surface area contributed by atoms with Crippen LogP contribution in [-0.2, 0) is 4.79 Å². The summed E-state index contributed by atoms with van der Waals surface area (Å²) in [6, 6.07) is 0. The molecule has 2 rings (SSSR count). The minimum absolute atomic E-state index is 0.200. The normalized spacial score (nSPS) is 46.8. The van der Waals surface area contributed by atoms with Crippen LogP contribution in [0, 0.1) is 11.8 Å². The van der Waals surface area contributed by atoms with E-state index in [1.807, 2.05) is 0 Å². The highest BCUT2D eigenvalue weighted by Crippen LogP contribution is 2.42. The second kappa shape index (κ2) is 1.60. The van der Waals surface area contributed by atoms with Crippen LogP contribution in [-0.4, -0.2) is 11.2 Å². The van der Waals surface area contributed by atoms with Crippen LogP contribution in [0.3, 0.4) is 0 Å². The molecule has 0 aromatic heterocycles. The molecule has 0 aromatic carbocycles. The molecule has 9 heavy (non-hydrogen) atoms. The summed E-state index contributed by atoms with van der Waals surface area (Å²) in [5.74, 6) is 0.873. The van der Waals surface area contributed by atoms with Crippen molar-refractivity contribution < 1.29 is 4.79 Å². The van der Waals surface area contributed by atoms with Crippen molar-refractivity contribution in [2.24, 2.45) is 11.8 Å². The van der Waals surface area contributed by atoms with Gasteiger partial charge in [-0.1, -0.05) is 12.2 Å². The van der Waals surface area contributed by atoms with Gasteiger partial charge in [0, 0.05) is 11.8 Å². The third kappa shape index (κ3) is 0.531. The largest absolute Gasteiger partial charge is 0.298 e. The zero-order valence-electron chi connectivity index (χ0n) is 4.88. The molecule has 2 aliphatic rings. The van der Waals surface area contributed by atoms with Crippen molar-refractivity contribution in [2.75, 3.05) is 0 Å². The number of halogens is 1. The number of alkyl halides is 1. The molecule has 0 spiro atoms. The minimum Gasteiger partial charge on any atom is -0.298 e. The fourth-order valence-electron chi connectivity index (χ4n) is 1.56. The van der Waals surface area contributed by atoms with Gasteiger partial charge in [-0.2, -0.15) is 0 Å². The average Bonchev–Trinajstić information content (AvgIpc) is 2.30. The number of Topliss-reactive ketones (excluding diaryl/α,β-unsaturated/α-hetero) is 1. The van der Waals surface area contributed by atoms with Crippen molar-refractivity contribution >= 4 is 17.4 Å². The maximum atomic E-state index is 10.9. The van der Waals surface area contributed by atoms with E-state index in [0.717, 1.165) is 6.42 Å². The third-order valence-corrected chi connectivity index (χ3v) is 2.69. The number of fused-ring (bicyclic) bond motifs is 1. The Morgan fingerprint density at radius 2 is 2.44 bits per heavy atom. The Bertz CT molecular complexity index is 185. The van der Waals surface area contributed by atoms with E-state index in [0.29, 0.717) is 5.92 Å². The van der Waals surface area contributed by atoms with Crippen LogP contribution in [0.15, 0.2) is 12.2 Å². The van der Waals surface area contributed by atoms with Gasteiger partial charge in [-0.25, -0.2) is 0 Å². The summed E-state index contributed by atoms with van der Waals surface area (Å²) in [6.45, 7) is 0. The van der Waals surface area contributed by atoms with Crippen LogP contribution in [0.2, 0.25) is 0 Å². The molecule has 48 valence electrons. The highest BCUT2D eigenvalue weighted by Gasteiger charge is 2.48. The number of carbonyl (C=O) groups is 1. The van der Waals surface area contributed by atoms with Crippen LogP contribution in [0.4, 0.5) is 0 Å². The van der Waals surface area contributed by atoms with Crippen LogP contribution >= 0.6 is 11.6 Å². The van der Waals surface area contributed by atoms with Gasteiger partial charge in [0.1, 0.15) is 0 Å². The lowest BCUT2D eigenvalue weighted by Crippen LogP contribution is -2.45. The molecule has 0 unspecified atom stereocenters. The Kier molecular flexibility index (Phi) is 0.974. The number of carbonyl (C=O) groups excluding carboxylic acids is 1. The summed E-state index contributed by atoms with van der Waals surface area (Å²) in [4.78, 5) is 10.9. The molecule has 0 aromatic rings. The Hall–Kier alpha value is -0.300. The number of rotatable bonds is 0. The Morgan fingerprint density at radius 1 is 1.67 bits per heavy atom. The molecular formula is C7H7ClO. The van der Waals surface area contributed by atoms with Crippen molar-refractivity contribution in [3.8, 4) is 0 Å². The van der Waals surface area contributed by atoms with E-state index >= 15 is 0 Å². The summed E-state index contributed by atoms with van der Waals surface area (Å²) in [5.41, 5.74) is 0. The molecule has 1 saturated carbocycles. The lowest BCUT2D eigenvalue weighted by molar-refractivity contribution is -0.130. The molecule has 2 heteroatoms. The summed E-state index contributed by atoms with van der Waals surface area (Å²) in [7, 11) is 0. The van der Waals surface area contributed by atoms with Crippen molar-refractivity contribution in [3.63, 3.8) is 0 Å². The first-order valence-electron chi connectivity index (χ1n) is 3.15. The van der Waals surface area contributed by atoms with E-state index in [-0.39, 0.29) is 17.1 Å². The predicted octanol–water partition coefficient (Wildman–Crippen LogP) is 1.37. The van der Waals surface area contributed by atoms with E-state index in [4.69, 9.17) is 11.6 Å². The molecule has 3 atom stereocenters. The van der Waals surface area contributed by atoms with E-state index in [1.165, 1.54) is 0 Å². The van der Waals surface area contributed by atoms with Gasteiger partial charge in [-0.3, -0.25) is 4.79 Å². The fourth-order valence-corrected chi connectivity index (χ4v) is 1.98. The molecule has 0 radical (unpaired) electrons. The van der Waals surface area contributed by atoms with E-state index < -0.39 is 0 Å². The lowest BCUT2D eigenvalue weighted by atomic mass is 9.74. The van der Waals surface area contributed by atoms with Crippen LogP contribution in [0.25, 0.3) is 0 Å². The molecule has 0 N–H and O–H groups in total. The molecule has 2 aliphatic carbocycles. The molecule has 1 nitrogen and oxygen atoms in total. The van der Waals surface area contributed by atoms with Gasteiger partial charge in [0.2, 0.25) is 0 Å². The third-order valence-electron chi connectivity index (χ3n) is 2.19. The van der Waals surface area contributed by atoms with E-state index in [1.54, 1.807) is 0 Å². The van der Waals surface area contributed by atoms with Crippen LogP contribution < -0.4 is 0 Å². The molecule has 0 saturated heterocycles. The van der Waals surface area contributed by atoms with Crippen molar-refractivity contribution in [3.05, 3.63) is 12.2 Å². The highest BCUT2D eigenvalue weighted by molar-refractivity contribution is 6.34. The zero-order chi connectivity index (χ0) is 6.43. The van der Waals surface area contributed by atoms with Gasteiger partial charge in [-0.05, 0) is 6.42 Å². The standard InChI is InChI=1S/C7H7ClO/c8-6-4-2-1-3-5(4)7(6)9/h1-2,4-6H,3H2/t4-,5+,6+/m1/s1. The SMILES string of the molecule is O=C1[C@@H](Cl)[C@@H]2C=CC[C@H]12. The zero-order valence-corrected chi connectivity index (χ0v) is 5.64. The highest BCUT2D eigenvalue weighted by atomic mass is 35.5. The first-order chi connectivity index (χ1) is 4.30.